The number of amides is 2. The maximum atomic E-state index is 14.8. The van der Waals surface area contributed by atoms with Gasteiger partial charge in [0.05, 0.1) is 17.2 Å². The molecule has 1 atom stereocenters. The molecule has 0 unspecified atom stereocenters. The molecule has 2 amide bonds. The zero-order valence-electron chi connectivity index (χ0n) is 28.1. The molecule has 1 fully saturated rings. The molecule has 0 aliphatic heterocycles. The van der Waals surface area contributed by atoms with E-state index in [4.69, 9.17) is 16.3 Å². The highest BCUT2D eigenvalue weighted by Crippen LogP contribution is 2.28. The second kappa shape index (κ2) is 16.9. The number of nitrogens with zero attached hydrogens (tertiary/aromatic N) is 2. The van der Waals surface area contributed by atoms with Gasteiger partial charge in [-0.2, -0.15) is 0 Å². The fraction of sp³-hybridized carbons (Fsp3) is 0.333. The summed E-state index contributed by atoms with van der Waals surface area (Å²) in [5.74, 6) is -0.176. The Labute approximate surface area is 295 Å². The summed E-state index contributed by atoms with van der Waals surface area (Å²) in [5, 5.41) is 3.64. The second-order valence-corrected chi connectivity index (χ2v) is 14.7. The van der Waals surface area contributed by atoms with Crippen LogP contribution in [0.4, 0.5) is 5.69 Å². The molecular weight excluding hydrogens is 658 g/mol. The van der Waals surface area contributed by atoms with Crippen molar-refractivity contribution in [3.05, 3.63) is 125 Å². The molecule has 8 nitrogen and oxygen atoms in total. The predicted octanol–water partition coefficient (Wildman–Crippen LogP) is 7.33. The summed E-state index contributed by atoms with van der Waals surface area (Å²) in [6, 6.07) is 28.9. The van der Waals surface area contributed by atoms with Crippen LogP contribution in [0.15, 0.2) is 108 Å². The normalized spacial score (nSPS) is 14.1. The fourth-order valence-corrected chi connectivity index (χ4v) is 7.75. The van der Waals surface area contributed by atoms with Crippen LogP contribution >= 0.6 is 11.6 Å². The van der Waals surface area contributed by atoms with E-state index in [2.05, 4.69) is 5.32 Å². The highest BCUT2D eigenvalue weighted by atomic mass is 35.5. The van der Waals surface area contributed by atoms with Gasteiger partial charge in [-0.15, -0.1) is 0 Å². The topological polar surface area (TPSA) is 96.0 Å². The number of carbonyl (C=O) groups excluding carboxylic acids is 2. The molecule has 49 heavy (non-hydrogen) atoms. The van der Waals surface area contributed by atoms with Gasteiger partial charge in [-0.3, -0.25) is 13.9 Å². The summed E-state index contributed by atoms with van der Waals surface area (Å²) in [4.78, 5) is 30.6. The molecule has 5 rings (SSSR count). The van der Waals surface area contributed by atoms with Gasteiger partial charge in [-0.25, -0.2) is 8.42 Å². The van der Waals surface area contributed by atoms with Gasteiger partial charge in [-0.05, 0) is 91.9 Å². The van der Waals surface area contributed by atoms with Crippen molar-refractivity contribution in [3.63, 3.8) is 0 Å². The number of aryl methyl sites for hydroxylation is 1. The summed E-state index contributed by atoms with van der Waals surface area (Å²) < 4.78 is 35.3. The van der Waals surface area contributed by atoms with Crippen LogP contribution in [-0.4, -0.2) is 50.4 Å². The van der Waals surface area contributed by atoms with Crippen LogP contribution in [-0.2, 0) is 32.6 Å². The summed E-state index contributed by atoms with van der Waals surface area (Å²) in [6.07, 6.45) is 5.27. The number of halogens is 1. The number of rotatable bonds is 14. The Hall–Kier alpha value is -4.34. The van der Waals surface area contributed by atoms with Crippen molar-refractivity contribution in [2.24, 2.45) is 0 Å². The van der Waals surface area contributed by atoms with Crippen molar-refractivity contribution in [1.29, 1.82) is 0 Å². The van der Waals surface area contributed by atoms with Crippen LogP contribution < -0.4 is 14.4 Å². The molecule has 1 aliphatic carbocycles. The standard InChI is InChI=1S/C39H44ClN3O5S/c1-3-48-35-22-20-34(21-23-35)43(49(46,47)36-24-18-32(40)19-25-36)28-38(44)42(27-31-15-11-10-12-29(31)2)37(26-30-13-6-4-7-14-30)39(45)41-33-16-8-5-9-17-33/h4,6-7,10-15,18-25,33,37H,3,5,8-9,16-17,26-28H2,1-2H3,(H,41,45)/t37-/m1/s1. The van der Waals surface area contributed by atoms with Gasteiger partial charge in [-0.1, -0.05) is 85.5 Å². The third-order valence-corrected chi connectivity index (χ3v) is 11.0. The second-order valence-electron chi connectivity index (χ2n) is 12.4. The molecule has 1 aliphatic rings. The van der Waals surface area contributed by atoms with E-state index in [1.807, 2.05) is 68.4 Å². The average Bonchev–Trinajstić information content (AvgIpc) is 3.11. The Kier molecular flexibility index (Phi) is 12.4. The van der Waals surface area contributed by atoms with Crippen molar-refractivity contribution >= 4 is 39.1 Å². The molecule has 4 aromatic rings. The van der Waals surface area contributed by atoms with Crippen molar-refractivity contribution in [2.45, 2.75) is 75.9 Å². The maximum absolute atomic E-state index is 14.8. The molecule has 1 N–H and O–H groups in total. The minimum atomic E-state index is -4.25. The predicted molar refractivity (Wildman–Crippen MR) is 194 cm³/mol. The molecule has 0 heterocycles. The maximum Gasteiger partial charge on any atom is 0.264 e. The van der Waals surface area contributed by atoms with E-state index < -0.39 is 28.5 Å². The Morgan fingerprint density at radius 3 is 2.18 bits per heavy atom. The first-order chi connectivity index (χ1) is 23.7. The molecule has 4 aromatic carbocycles. The molecule has 0 saturated heterocycles. The monoisotopic (exact) mass is 701 g/mol. The van der Waals surface area contributed by atoms with Crippen molar-refractivity contribution in [1.82, 2.24) is 10.2 Å². The molecule has 0 radical (unpaired) electrons. The van der Waals surface area contributed by atoms with E-state index in [0.717, 1.165) is 53.1 Å². The van der Waals surface area contributed by atoms with Crippen molar-refractivity contribution < 1.29 is 22.7 Å². The van der Waals surface area contributed by atoms with Crippen LogP contribution in [0.5, 0.6) is 5.75 Å². The quantitative estimate of drug-likeness (QED) is 0.149. The number of sulfonamides is 1. The Bertz CT molecular complexity index is 1790. The number of carbonyl (C=O) groups is 2. The number of hydrogen-bond donors (Lipinski definition) is 1. The van der Waals surface area contributed by atoms with E-state index >= 15 is 0 Å². The first-order valence-electron chi connectivity index (χ1n) is 16.8. The van der Waals surface area contributed by atoms with E-state index in [-0.39, 0.29) is 35.5 Å². The Morgan fingerprint density at radius 1 is 0.878 bits per heavy atom. The first kappa shape index (κ1) is 36.0. The zero-order chi connectivity index (χ0) is 34.8. The number of nitrogens with one attached hydrogen (secondary N) is 1. The van der Waals surface area contributed by atoms with Gasteiger partial charge < -0.3 is 15.0 Å². The smallest absolute Gasteiger partial charge is 0.264 e. The van der Waals surface area contributed by atoms with E-state index in [1.165, 1.54) is 24.3 Å². The molecule has 1 saturated carbocycles. The summed E-state index contributed by atoms with van der Waals surface area (Å²) in [5.41, 5.74) is 3.01. The lowest BCUT2D eigenvalue weighted by molar-refractivity contribution is -0.140. The summed E-state index contributed by atoms with van der Waals surface area (Å²) in [7, 11) is -4.25. The van der Waals surface area contributed by atoms with Gasteiger partial charge in [0, 0.05) is 24.0 Å². The lowest BCUT2D eigenvalue weighted by atomic mass is 9.94. The lowest BCUT2D eigenvalue weighted by Crippen LogP contribution is -2.55. The van der Waals surface area contributed by atoms with Crippen LogP contribution in [0.3, 0.4) is 0 Å². The van der Waals surface area contributed by atoms with Crippen molar-refractivity contribution in [3.8, 4) is 5.75 Å². The number of benzene rings is 4. The summed E-state index contributed by atoms with van der Waals surface area (Å²) >= 11 is 6.10. The molecule has 0 aromatic heterocycles. The SMILES string of the molecule is CCOc1ccc(N(CC(=O)N(Cc2ccccc2C)[C@H](Cc2ccccc2)C(=O)NC2CCCCC2)S(=O)(=O)c2ccc(Cl)cc2)cc1. The lowest BCUT2D eigenvalue weighted by Gasteiger charge is -2.35. The van der Waals surface area contributed by atoms with E-state index in [9.17, 15) is 18.0 Å². The van der Waals surface area contributed by atoms with Gasteiger partial charge in [0.2, 0.25) is 11.8 Å². The van der Waals surface area contributed by atoms with Crippen LogP contribution in [0.25, 0.3) is 0 Å². The van der Waals surface area contributed by atoms with Crippen LogP contribution in [0, 0.1) is 6.92 Å². The minimum absolute atomic E-state index is 0.0140. The highest BCUT2D eigenvalue weighted by Gasteiger charge is 2.35. The van der Waals surface area contributed by atoms with Gasteiger partial charge in [0.1, 0.15) is 18.3 Å². The average molecular weight is 702 g/mol. The molecule has 0 spiro atoms. The van der Waals surface area contributed by atoms with Gasteiger partial charge >= 0.3 is 0 Å². The fourth-order valence-electron chi connectivity index (χ4n) is 6.21. The molecule has 10 heteroatoms. The van der Waals surface area contributed by atoms with Crippen LogP contribution in [0.2, 0.25) is 5.02 Å². The van der Waals surface area contributed by atoms with Gasteiger partial charge in [0.25, 0.3) is 10.0 Å². The zero-order valence-corrected chi connectivity index (χ0v) is 29.6. The highest BCUT2D eigenvalue weighted by molar-refractivity contribution is 7.92. The molecule has 0 bridgehead atoms. The van der Waals surface area contributed by atoms with Crippen molar-refractivity contribution in [2.75, 3.05) is 17.5 Å². The van der Waals surface area contributed by atoms with E-state index in [1.54, 1.807) is 29.2 Å². The number of ether oxygens (including phenoxy) is 1. The number of anilines is 1. The Morgan fingerprint density at radius 2 is 1.53 bits per heavy atom. The minimum Gasteiger partial charge on any atom is -0.494 e. The summed E-state index contributed by atoms with van der Waals surface area (Å²) in [6.45, 7) is 3.86. The molecule has 258 valence electrons. The first-order valence-corrected chi connectivity index (χ1v) is 18.7. The van der Waals surface area contributed by atoms with Crippen LogP contribution in [0.1, 0.15) is 55.7 Å². The van der Waals surface area contributed by atoms with E-state index in [0.29, 0.717) is 17.4 Å². The largest absolute Gasteiger partial charge is 0.494 e. The third kappa shape index (κ3) is 9.43. The molecular formula is C39H44ClN3O5S. The number of hydrogen-bond acceptors (Lipinski definition) is 5. The van der Waals surface area contributed by atoms with Gasteiger partial charge in [0.15, 0.2) is 0 Å². The Balaban J connectivity index is 1.57. The third-order valence-electron chi connectivity index (χ3n) is 8.94.